The molecule has 1 heterocycles. The normalized spacial score (nSPS) is 11.7. The summed E-state index contributed by atoms with van der Waals surface area (Å²) in [4.78, 5) is 13.1. The molecular weight excluding hydrogens is 286 g/mol. The van der Waals surface area contributed by atoms with Gasteiger partial charge < -0.3 is 5.32 Å². The second-order valence-corrected chi connectivity index (χ2v) is 6.24. The van der Waals surface area contributed by atoms with E-state index in [0.29, 0.717) is 11.3 Å². The standard InChI is InChI=1S/C15H15N3O2S/c1-10(7-13-5-3-11(2)21-13)17-14-8-12(9-16)4-6-15(14)18(19)20/h3-6,8,10,17H,7H2,1-2H3. The minimum Gasteiger partial charge on any atom is -0.377 e. The van der Waals surface area contributed by atoms with Gasteiger partial charge in [0.25, 0.3) is 5.69 Å². The zero-order chi connectivity index (χ0) is 15.4. The molecule has 0 aliphatic rings. The van der Waals surface area contributed by atoms with E-state index in [2.05, 4.69) is 17.4 Å². The molecule has 0 saturated heterocycles. The van der Waals surface area contributed by atoms with Crippen LogP contribution in [0, 0.1) is 28.4 Å². The molecule has 108 valence electrons. The van der Waals surface area contributed by atoms with Gasteiger partial charge >= 0.3 is 0 Å². The van der Waals surface area contributed by atoms with Crippen LogP contribution in [0.2, 0.25) is 0 Å². The minimum absolute atomic E-state index is 0.0109. The molecule has 1 unspecified atom stereocenters. The van der Waals surface area contributed by atoms with E-state index in [9.17, 15) is 10.1 Å². The number of aryl methyl sites for hydroxylation is 1. The first-order valence-corrected chi connectivity index (χ1v) is 7.31. The fourth-order valence-corrected chi connectivity index (χ4v) is 3.11. The summed E-state index contributed by atoms with van der Waals surface area (Å²) >= 11 is 1.72. The summed E-state index contributed by atoms with van der Waals surface area (Å²) in [6, 6.07) is 10.5. The van der Waals surface area contributed by atoms with Crippen LogP contribution in [0.3, 0.4) is 0 Å². The average Bonchev–Trinajstić information content (AvgIpc) is 2.83. The highest BCUT2D eigenvalue weighted by molar-refractivity contribution is 7.11. The number of hydrogen-bond acceptors (Lipinski definition) is 5. The Balaban J connectivity index is 2.17. The maximum absolute atomic E-state index is 11.0. The van der Waals surface area contributed by atoms with E-state index in [0.717, 1.165) is 6.42 Å². The number of benzene rings is 1. The van der Waals surface area contributed by atoms with E-state index in [4.69, 9.17) is 5.26 Å². The monoisotopic (exact) mass is 301 g/mol. The molecule has 1 N–H and O–H groups in total. The second kappa shape index (κ2) is 6.37. The smallest absolute Gasteiger partial charge is 0.292 e. The van der Waals surface area contributed by atoms with Crippen molar-refractivity contribution < 1.29 is 4.92 Å². The molecule has 1 atom stereocenters. The first-order chi connectivity index (χ1) is 9.99. The average molecular weight is 301 g/mol. The molecular formula is C15H15N3O2S. The van der Waals surface area contributed by atoms with Crippen molar-refractivity contribution in [2.45, 2.75) is 26.3 Å². The number of nitriles is 1. The zero-order valence-electron chi connectivity index (χ0n) is 11.8. The molecule has 0 spiro atoms. The minimum atomic E-state index is -0.439. The number of rotatable bonds is 5. The molecule has 0 fully saturated rings. The van der Waals surface area contributed by atoms with Crippen LogP contribution in [0.4, 0.5) is 11.4 Å². The Morgan fingerprint density at radius 1 is 1.43 bits per heavy atom. The number of thiophene rings is 1. The lowest BCUT2D eigenvalue weighted by Gasteiger charge is -2.14. The number of anilines is 1. The first-order valence-electron chi connectivity index (χ1n) is 6.50. The lowest BCUT2D eigenvalue weighted by molar-refractivity contribution is -0.384. The third kappa shape index (κ3) is 3.80. The molecule has 0 amide bonds. The van der Waals surface area contributed by atoms with Crippen molar-refractivity contribution in [1.82, 2.24) is 0 Å². The van der Waals surface area contributed by atoms with Gasteiger partial charge in [0.1, 0.15) is 5.69 Å². The Hall–Kier alpha value is -2.39. The highest BCUT2D eigenvalue weighted by Crippen LogP contribution is 2.27. The Kier molecular flexibility index (Phi) is 4.55. The molecule has 5 nitrogen and oxygen atoms in total. The van der Waals surface area contributed by atoms with Crippen LogP contribution in [0.25, 0.3) is 0 Å². The Morgan fingerprint density at radius 3 is 2.76 bits per heavy atom. The third-order valence-electron chi connectivity index (χ3n) is 3.03. The number of nitro groups is 1. The molecule has 0 saturated carbocycles. The van der Waals surface area contributed by atoms with E-state index in [1.165, 1.54) is 28.0 Å². The van der Waals surface area contributed by atoms with Crippen molar-refractivity contribution >= 4 is 22.7 Å². The van der Waals surface area contributed by atoms with E-state index >= 15 is 0 Å². The van der Waals surface area contributed by atoms with Crippen LogP contribution in [0.15, 0.2) is 30.3 Å². The molecule has 21 heavy (non-hydrogen) atoms. The molecule has 0 bridgehead atoms. The summed E-state index contributed by atoms with van der Waals surface area (Å²) in [5.74, 6) is 0. The maximum atomic E-state index is 11.0. The van der Waals surface area contributed by atoms with E-state index in [-0.39, 0.29) is 11.7 Å². The van der Waals surface area contributed by atoms with Gasteiger partial charge in [0.2, 0.25) is 0 Å². The van der Waals surface area contributed by atoms with Gasteiger partial charge in [-0.25, -0.2) is 0 Å². The highest BCUT2D eigenvalue weighted by atomic mass is 32.1. The summed E-state index contributed by atoms with van der Waals surface area (Å²) in [6.45, 7) is 4.02. The van der Waals surface area contributed by atoms with Gasteiger partial charge in [-0.15, -0.1) is 11.3 Å². The molecule has 1 aromatic carbocycles. The van der Waals surface area contributed by atoms with Gasteiger partial charge in [0.05, 0.1) is 16.6 Å². The van der Waals surface area contributed by atoms with Crippen LogP contribution in [-0.2, 0) is 6.42 Å². The fourth-order valence-electron chi connectivity index (χ4n) is 2.09. The molecule has 2 rings (SSSR count). The zero-order valence-corrected chi connectivity index (χ0v) is 12.6. The SMILES string of the molecule is Cc1ccc(CC(C)Nc2cc(C#N)ccc2[N+](=O)[O-])s1. The molecule has 2 aromatic rings. The van der Waals surface area contributed by atoms with E-state index in [1.54, 1.807) is 11.3 Å². The van der Waals surface area contributed by atoms with Gasteiger partial charge in [-0.2, -0.15) is 5.26 Å². The number of nitro benzene ring substituents is 1. The van der Waals surface area contributed by atoms with Gasteiger partial charge in [-0.3, -0.25) is 10.1 Å². The van der Waals surface area contributed by atoms with E-state index < -0.39 is 4.92 Å². The largest absolute Gasteiger partial charge is 0.377 e. The Labute approximate surface area is 127 Å². The van der Waals surface area contributed by atoms with Crippen molar-refractivity contribution in [1.29, 1.82) is 5.26 Å². The highest BCUT2D eigenvalue weighted by Gasteiger charge is 2.16. The predicted octanol–water partition coefficient (Wildman–Crippen LogP) is 3.88. The van der Waals surface area contributed by atoms with Crippen molar-refractivity contribution in [2.24, 2.45) is 0 Å². The Morgan fingerprint density at radius 2 is 2.19 bits per heavy atom. The summed E-state index contributed by atoms with van der Waals surface area (Å²) in [5.41, 5.74) is 0.783. The van der Waals surface area contributed by atoms with Gasteiger partial charge in [0, 0.05) is 28.3 Å². The summed E-state index contributed by atoms with van der Waals surface area (Å²) in [6.07, 6.45) is 0.784. The third-order valence-corrected chi connectivity index (χ3v) is 4.05. The van der Waals surface area contributed by atoms with Crippen LogP contribution >= 0.6 is 11.3 Å². The lowest BCUT2D eigenvalue weighted by atomic mass is 10.1. The molecule has 6 heteroatoms. The summed E-state index contributed by atoms with van der Waals surface area (Å²) < 4.78 is 0. The van der Waals surface area contributed by atoms with E-state index in [1.807, 2.05) is 19.9 Å². The van der Waals surface area contributed by atoms with Crippen LogP contribution < -0.4 is 5.32 Å². The first kappa shape index (κ1) is 15.0. The van der Waals surface area contributed by atoms with Crippen LogP contribution in [0.1, 0.15) is 22.2 Å². The lowest BCUT2D eigenvalue weighted by Crippen LogP contribution is -2.18. The number of hydrogen-bond donors (Lipinski definition) is 1. The van der Waals surface area contributed by atoms with Crippen molar-refractivity contribution in [2.75, 3.05) is 5.32 Å². The number of nitrogens with zero attached hydrogens (tertiary/aromatic N) is 2. The second-order valence-electron chi connectivity index (χ2n) is 4.86. The summed E-state index contributed by atoms with van der Waals surface area (Å²) in [5, 5.41) is 23.1. The molecule has 1 aromatic heterocycles. The number of nitrogens with one attached hydrogen (secondary N) is 1. The quantitative estimate of drug-likeness (QED) is 0.671. The van der Waals surface area contributed by atoms with Gasteiger partial charge in [0.15, 0.2) is 0 Å². The molecule has 0 radical (unpaired) electrons. The Bertz CT molecular complexity index is 703. The van der Waals surface area contributed by atoms with Gasteiger partial charge in [-0.05, 0) is 38.1 Å². The predicted molar refractivity (Wildman–Crippen MR) is 83.7 cm³/mol. The van der Waals surface area contributed by atoms with Crippen molar-refractivity contribution in [3.63, 3.8) is 0 Å². The maximum Gasteiger partial charge on any atom is 0.292 e. The topological polar surface area (TPSA) is 79.0 Å². The molecule has 0 aliphatic heterocycles. The van der Waals surface area contributed by atoms with Crippen molar-refractivity contribution in [3.8, 4) is 6.07 Å². The van der Waals surface area contributed by atoms with Crippen LogP contribution in [0.5, 0.6) is 0 Å². The molecule has 0 aliphatic carbocycles. The van der Waals surface area contributed by atoms with Crippen LogP contribution in [-0.4, -0.2) is 11.0 Å². The fraction of sp³-hybridized carbons (Fsp3) is 0.267. The van der Waals surface area contributed by atoms with Gasteiger partial charge in [-0.1, -0.05) is 0 Å². The summed E-state index contributed by atoms with van der Waals surface area (Å²) in [7, 11) is 0. The van der Waals surface area contributed by atoms with Crippen molar-refractivity contribution in [3.05, 3.63) is 55.8 Å².